The van der Waals surface area contributed by atoms with Crippen LogP contribution in [-0.2, 0) is 11.3 Å². The number of hydrogen-bond donors (Lipinski definition) is 4. The molecule has 5 aromatic rings. The molecule has 1 saturated heterocycles. The Morgan fingerprint density at radius 3 is 2.61 bits per heavy atom. The van der Waals surface area contributed by atoms with Gasteiger partial charge in [0.1, 0.15) is 35.1 Å². The van der Waals surface area contributed by atoms with Gasteiger partial charge in [-0.05, 0) is 18.2 Å². The maximum atomic E-state index is 10.2. The lowest BCUT2D eigenvalue weighted by molar-refractivity contribution is -0.0594. The van der Waals surface area contributed by atoms with Crippen molar-refractivity contribution in [2.24, 2.45) is 0 Å². The summed E-state index contributed by atoms with van der Waals surface area (Å²) in [5, 5.41) is 43.0. The van der Waals surface area contributed by atoms with E-state index >= 15 is 0 Å². The van der Waals surface area contributed by atoms with Crippen LogP contribution in [-0.4, -0.2) is 60.2 Å². The van der Waals surface area contributed by atoms with Gasteiger partial charge in [0.15, 0.2) is 11.8 Å². The van der Waals surface area contributed by atoms with E-state index in [-0.39, 0.29) is 0 Å². The fraction of sp³-hybridized carbons (Fsp3) is 0.261. The molecule has 4 atom stereocenters. The summed E-state index contributed by atoms with van der Waals surface area (Å²) in [7, 11) is 0. The summed E-state index contributed by atoms with van der Waals surface area (Å²) < 4.78 is 13.0. The average Bonchev–Trinajstić information content (AvgIpc) is 3.53. The number of para-hydroxylation sites is 2. The Labute approximate surface area is 187 Å². The Kier molecular flexibility index (Phi) is 4.73. The highest BCUT2D eigenvalue weighted by molar-refractivity contribution is 6.13. The Bertz CT molecular complexity index is 1460. The van der Waals surface area contributed by atoms with E-state index < -0.39 is 31.1 Å². The van der Waals surface area contributed by atoms with Crippen molar-refractivity contribution in [1.29, 1.82) is 0 Å². The molecule has 168 valence electrons. The highest BCUT2D eigenvalue weighted by Crippen LogP contribution is 2.37. The number of aliphatic hydroxyl groups is 3. The van der Waals surface area contributed by atoms with E-state index in [0.717, 1.165) is 33.1 Å². The van der Waals surface area contributed by atoms with Crippen molar-refractivity contribution >= 4 is 38.7 Å². The van der Waals surface area contributed by atoms with Gasteiger partial charge in [-0.3, -0.25) is 0 Å². The molecule has 10 nitrogen and oxygen atoms in total. The third kappa shape index (κ3) is 3.23. The van der Waals surface area contributed by atoms with Gasteiger partial charge in [0.2, 0.25) is 0 Å². The minimum atomic E-state index is -1.22. The topological polar surface area (TPSA) is 139 Å². The smallest absolute Gasteiger partial charge is 0.180 e. The minimum Gasteiger partial charge on any atom is -0.452 e. The van der Waals surface area contributed by atoms with Crippen LogP contribution < -0.4 is 5.32 Å². The van der Waals surface area contributed by atoms with Crippen molar-refractivity contribution < 1.29 is 24.5 Å². The second-order valence-corrected chi connectivity index (χ2v) is 8.05. The number of nitrogens with one attached hydrogen (secondary N) is 1. The first-order valence-corrected chi connectivity index (χ1v) is 10.6. The van der Waals surface area contributed by atoms with Crippen LogP contribution in [0.2, 0.25) is 0 Å². The lowest BCUT2D eigenvalue weighted by Gasteiger charge is -2.13. The van der Waals surface area contributed by atoms with E-state index in [9.17, 15) is 15.3 Å². The Morgan fingerprint density at radius 1 is 1.00 bits per heavy atom. The number of benzene rings is 2. The number of nitrogens with zero attached hydrogens (tertiary/aromatic N) is 4. The fourth-order valence-corrected chi connectivity index (χ4v) is 4.31. The summed E-state index contributed by atoms with van der Waals surface area (Å²) in [6.07, 6.45) is -2.59. The van der Waals surface area contributed by atoms with Gasteiger partial charge in [-0.15, -0.1) is 5.10 Å². The second kappa shape index (κ2) is 7.78. The number of rotatable bonds is 5. The monoisotopic (exact) mass is 447 g/mol. The standard InChI is InChI=1S/C23H21N5O5/c29-11-17-20(30)21(31)23(33-17)28-10-12(26-27-28)9-24-18-13-5-1-3-7-15(13)25-19-14-6-2-4-8-16(14)32-22(18)19/h1-8,10,17,20-21,23,29-31H,9,11H2,(H,24,25)/t17-,20+,21+,23-/m1/s1. The maximum Gasteiger partial charge on any atom is 0.180 e. The average molecular weight is 447 g/mol. The van der Waals surface area contributed by atoms with Gasteiger partial charge in [-0.2, -0.15) is 0 Å². The van der Waals surface area contributed by atoms with Gasteiger partial charge in [0.05, 0.1) is 30.6 Å². The fourth-order valence-electron chi connectivity index (χ4n) is 4.31. The number of anilines is 1. The van der Waals surface area contributed by atoms with E-state index in [0.29, 0.717) is 17.8 Å². The molecule has 0 radical (unpaired) electrons. The van der Waals surface area contributed by atoms with Crippen LogP contribution in [0.5, 0.6) is 0 Å². The molecule has 4 heterocycles. The van der Waals surface area contributed by atoms with Gasteiger partial charge in [-0.1, -0.05) is 35.5 Å². The molecule has 0 bridgehead atoms. The van der Waals surface area contributed by atoms with Gasteiger partial charge >= 0.3 is 0 Å². The van der Waals surface area contributed by atoms with Crippen molar-refractivity contribution in [3.8, 4) is 0 Å². The number of pyridine rings is 1. The predicted octanol–water partition coefficient (Wildman–Crippen LogP) is 1.95. The summed E-state index contributed by atoms with van der Waals surface area (Å²) in [5.74, 6) is 0. The Morgan fingerprint density at radius 2 is 1.79 bits per heavy atom. The first-order chi connectivity index (χ1) is 16.1. The van der Waals surface area contributed by atoms with Gasteiger partial charge in [0.25, 0.3) is 0 Å². The Hall–Kier alpha value is -3.57. The molecule has 1 aliphatic heterocycles. The van der Waals surface area contributed by atoms with Crippen LogP contribution in [0, 0.1) is 0 Å². The van der Waals surface area contributed by atoms with E-state index in [4.69, 9.17) is 14.1 Å². The molecule has 0 aliphatic carbocycles. The van der Waals surface area contributed by atoms with E-state index in [1.165, 1.54) is 4.68 Å². The summed E-state index contributed by atoms with van der Waals surface area (Å²) >= 11 is 0. The number of ether oxygens (including phenoxy) is 1. The zero-order valence-electron chi connectivity index (χ0n) is 17.4. The van der Waals surface area contributed by atoms with Gasteiger partial charge in [0, 0.05) is 10.8 Å². The molecular formula is C23H21N5O5. The molecule has 10 heteroatoms. The molecule has 0 spiro atoms. The molecular weight excluding hydrogens is 426 g/mol. The third-order valence-corrected chi connectivity index (χ3v) is 5.98. The SMILES string of the molecule is OC[C@H]1O[C@@H](n2cc(CNc3c4ccccc4nc4c3oc3ccccc34)nn2)[C@@H](O)[C@H]1O. The number of fused-ring (bicyclic) bond motifs is 4. The quantitative estimate of drug-likeness (QED) is 0.318. The summed E-state index contributed by atoms with van der Waals surface area (Å²) in [6.45, 7) is -0.0740. The zero-order valence-corrected chi connectivity index (χ0v) is 17.4. The molecule has 1 fully saturated rings. The van der Waals surface area contributed by atoms with Crippen LogP contribution in [0.1, 0.15) is 11.9 Å². The first-order valence-electron chi connectivity index (χ1n) is 10.6. The molecule has 33 heavy (non-hydrogen) atoms. The highest BCUT2D eigenvalue weighted by Gasteiger charge is 2.43. The third-order valence-electron chi connectivity index (χ3n) is 5.98. The lowest BCUT2D eigenvalue weighted by Crippen LogP contribution is -2.33. The summed E-state index contributed by atoms with van der Waals surface area (Å²) in [5.41, 5.74) is 4.43. The normalized spacial score (nSPS) is 23.1. The maximum absolute atomic E-state index is 10.2. The molecule has 3 aromatic heterocycles. The van der Waals surface area contributed by atoms with Crippen LogP contribution >= 0.6 is 0 Å². The summed E-state index contributed by atoms with van der Waals surface area (Å²) in [4.78, 5) is 4.81. The van der Waals surface area contributed by atoms with E-state index in [1.807, 2.05) is 48.5 Å². The number of aliphatic hydroxyl groups excluding tert-OH is 3. The molecule has 0 unspecified atom stereocenters. The van der Waals surface area contributed by atoms with Crippen molar-refractivity contribution in [3.05, 3.63) is 60.4 Å². The Balaban J connectivity index is 1.34. The van der Waals surface area contributed by atoms with E-state index in [1.54, 1.807) is 6.20 Å². The number of hydrogen-bond acceptors (Lipinski definition) is 9. The van der Waals surface area contributed by atoms with Crippen LogP contribution in [0.4, 0.5) is 5.69 Å². The van der Waals surface area contributed by atoms with Gasteiger partial charge in [-0.25, -0.2) is 9.67 Å². The number of aromatic nitrogens is 4. The van der Waals surface area contributed by atoms with Crippen molar-refractivity contribution in [2.75, 3.05) is 11.9 Å². The summed E-state index contributed by atoms with van der Waals surface area (Å²) in [6, 6.07) is 15.6. The molecule has 2 aromatic carbocycles. The van der Waals surface area contributed by atoms with Crippen LogP contribution in [0.3, 0.4) is 0 Å². The van der Waals surface area contributed by atoms with Crippen molar-refractivity contribution in [1.82, 2.24) is 20.0 Å². The molecule has 0 amide bonds. The number of furan rings is 1. The molecule has 4 N–H and O–H groups in total. The molecule has 6 rings (SSSR count). The van der Waals surface area contributed by atoms with E-state index in [2.05, 4.69) is 15.6 Å². The second-order valence-electron chi connectivity index (χ2n) is 8.05. The van der Waals surface area contributed by atoms with Crippen molar-refractivity contribution in [3.63, 3.8) is 0 Å². The first kappa shape index (κ1) is 20.1. The zero-order chi connectivity index (χ0) is 22.5. The highest BCUT2D eigenvalue weighted by atomic mass is 16.6. The van der Waals surface area contributed by atoms with Crippen molar-refractivity contribution in [2.45, 2.75) is 31.1 Å². The largest absolute Gasteiger partial charge is 0.452 e. The molecule has 1 aliphatic rings. The lowest BCUT2D eigenvalue weighted by atomic mass is 10.1. The van der Waals surface area contributed by atoms with Crippen LogP contribution in [0.25, 0.3) is 33.0 Å². The minimum absolute atomic E-state index is 0.328. The van der Waals surface area contributed by atoms with Gasteiger partial charge < -0.3 is 29.8 Å². The predicted molar refractivity (Wildman–Crippen MR) is 119 cm³/mol. The van der Waals surface area contributed by atoms with Crippen LogP contribution in [0.15, 0.2) is 59.1 Å². The molecule has 0 saturated carbocycles.